The average molecular weight is 339 g/mol. The minimum Gasteiger partial charge on any atom is -0.478 e. The van der Waals surface area contributed by atoms with E-state index in [2.05, 4.69) is 0 Å². The minimum atomic E-state index is -3.21. The van der Waals surface area contributed by atoms with Crippen LogP contribution in [0.2, 0.25) is 0 Å². The van der Waals surface area contributed by atoms with Crippen LogP contribution in [0, 0.1) is 6.92 Å². The van der Waals surface area contributed by atoms with Gasteiger partial charge in [-0.1, -0.05) is 0 Å². The molecule has 0 bridgehead atoms. The second-order valence-corrected chi connectivity index (χ2v) is 8.46. The highest BCUT2D eigenvalue weighted by atomic mass is 32.2. The lowest BCUT2D eigenvalue weighted by Gasteiger charge is -2.29. The van der Waals surface area contributed by atoms with Crippen LogP contribution in [0.1, 0.15) is 46.0 Å². The number of carboxylic acids is 1. The Labute approximate surface area is 136 Å². The van der Waals surface area contributed by atoms with Crippen LogP contribution < -0.4 is 0 Å². The zero-order valence-electron chi connectivity index (χ0n) is 13.4. The molecule has 126 valence electrons. The molecule has 1 fully saturated rings. The fourth-order valence-electron chi connectivity index (χ4n) is 2.78. The Kier molecular flexibility index (Phi) is 4.79. The number of nitrogens with zero attached hydrogens (tertiary/aromatic N) is 1. The number of benzene rings is 1. The number of hydrogen-bond acceptors (Lipinski definition) is 4. The van der Waals surface area contributed by atoms with E-state index in [4.69, 9.17) is 5.11 Å². The number of aryl methyl sites for hydroxylation is 1. The van der Waals surface area contributed by atoms with Gasteiger partial charge in [0.2, 0.25) is 0 Å². The molecule has 2 rings (SSSR count). The largest absolute Gasteiger partial charge is 0.478 e. The van der Waals surface area contributed by atoms with Gasteiger partial charge in [0.25, 0.3) is 5.91 Å². The number of rotatable bonds is 6. The molecule has 1 atom stereocenters. The van der Waals surface area contributed by atoms with Gasteiger partial charge in [-0.15, -0.1) is 0 Å². The molecule has 0 radical (unpaired) electrons. The topological polar surface area (TPSA) is 91.8 Å². The first-order valence-electron chi connectivity index (χ1n) is 7.44. The zero-order valence-corrected chi connectivity index (χ0v) is 14.3. The highest BCUT2D eigenvalue weighted by Crippen LogP contribution is 2.31. The predicted octanol–water partition coefficient (Wildman–Crippen LogP) is 1.73. The van der Waals surface area contributed by atoms with E-state index < -0.39 is 21.8 Å². The maximum absolute atomic E-state index is 12.8. The highest BCUT2D eigenvalue weighted by molar-refractivity contribution is 7.90. The summed E-state index contributed by atoms with van der Waals surface area (Å²) in [4.78, 5) is 25.6. The van der Waals surface area contributed by atoms with Crippen molar-refractivity contribution in [3.05, 3.63) is 34.9 Å². The first-order valence-corrected chi connectivity index (χ1v) is 9.50. The van der Waals surface area contributed by atoms with Crippen molar-refractivity contribution in [3.8, 4) is 0 Å². The van der Waals surface area contributed by atoms with Crippen molar-refractivity contribution in [1.82, 2.24) is 4.90 Å². The van der Waals surface area contributed by atoms with Gasteiger partial charge < -0.3 is 10.0 Å². The van der Waals surface area contributed by atoms with E-state index in [0.717, 1.165) is 19.1 Å². The second kappa shape index (κ2) is 6.31. The number of aromatic carboxylic acids is 1. The lowest BCUT2D eigenvalue weighted by atomic mass is 10.0. The second-order valence-electron chi connectivity index (χ2n) is 6.28. The van der Waals surface area contributed by atoms with E-state index in [0.29, 0.717) is 5.56 Å². The van der Waals surface area contributed by atoms with E-state index in [1.54, 1.807) is 24.8 Å². The molecular weight excluding hydrogens is 318 g/mol. The number of amides is 1. The molecule has 1 N–H and O–H groups in total. The highest BCUT2D eigenvalue weighted by Gasteiger charge is 2.37. The fourth-order valence-corrected chi connectivity index (χ4v) is 3.81. The summed E-state index contributed by atoms with van der Waals surface area (Å²) in [6.45, 7) is 3.44. The maximum Gasteiger partial charge on any atom is 0.335 e. The monoisotopic (exact) mass is 339 g/mol. The number of carbonyl (C=O) groups is 2. The van der Waals surface area contributed by atoms with Gasteiger partial charge >= 0.3 is 5.97 Å². The summed E-state index contributed by atoms with van der Waals surface area (Å²) in [5, 5.41) is 9.13. The number of carbonyl (C=O) groups excluding carboxylic acids is 1. The van der Waals surface area contributed by atoms with Gasteiger partial charge in [-0.2, -0.15) is 0 Å². The van der Waals surface area contributed by atoms with Crippen molar-refractivity contribution in [1.29, 1.82) is 0 Å². The molecule has 6 nitrogen and oxygen atoms in total. The molecule has 1 unspecified atom stereocenters. The first kappa shape index (κ1) is 17.5. The Morgan fingerprint density at radius 1 is 1.26 bits per heavy atom. The number of carboxylic acid groups (broad SMARTS) is 1. The molecule has 1 aliphatic rings. The lowest BCUT2D eigenvalue weighted by Crippen LogP contribution is -2.43. The fraction of sp³-hybridized carbons (Fsp3) is 0.500. The molecule has 1 aliphatic carbocycles. The van der Waals surface area contributed by atoms with Gasteiger partial charge in [-0.25, -0.2) is 13.2 Å². The van der Waals surface area contributed by atoms with Crippen LogP contribution in [-0.2, 0) is 9.84 Å². The van der Waals surface area contributed by atoms with Crippen LogP contribution in [0.25, 0.3) is 0 Å². The van der Waals surface area contributed by atoms with Gasteiger partial charge in [0.1, 0.15) is 9.84 Å². The third-order valence-corrected chi connectivity index (χ3v) is 4.85. The van der Waals surface area contributed by atoms with Crippen LogP contribution in [0.5, 0.6) is 0 Å². The lowest BCUT2D eigenvalue weighted by molar-refractivity contribution is 0.0692. The van der Waals surface area contributed by atoms with E-state index in [1.807, 2.05) is 0 Å². The molecule has 0 aromatic heterocycles. The van der Waals surface area contributed by atoms with E-state index >= 15 is 0 Å². The normalized spacial score (nSPS) is 16.0. The first-order chi connectivity index (χ1) is 10.6. The maximum atomic E-state index is 12.8. The minimum absolute atomic E-state index is 0.0352. The molecule has 0 saturated heterocycles. The number of sulfone groups is 1. The standard InChI is InChI=1S/C16H21NO5S/c1-10-6-12(8-13(7-10)16(19)20)15(18)17(14-4-5-14)11(2)9-23(3,21)22/h6-8,11,14H,4-5,9H2,1-3H3,(H,19,20). The summed E-state index contributed by atoms with van der Waals surface area (Å²) < 4.78 is 23.1. The summed E-state index contributed by atoms with van der Waals surface area (Å²) in [6.07, 6.45) is 2.84. The molecule has 0 heterocycles. The molecule has 23 heavy (non-hydrogen) atoms. The zero-order chi connectivity index (χ0) is 17.4. The average Bonchev–Trinajstić information content (AvgIpc) is 3.20. The van der Waals surface area contributed by atoms with E-state index in [-0.39, 0.29) is 28.8 Å². The smallest absolute Gasteiger partial charge is 0.335 e. The van der Waals surface area contributed by atoms with Crippen molar-refractivity contribution >= 4 is 21.7 Å². The van der Waals surface area contributed by atoms with Crippen molar-refractivity contribution in [3.63, 3.8) is 0 Å². The summed E-state index contributed by atoms with van der Waals surface area (Å²) in [7, 11) is -3.21. The van der Waals surface area contributed by atoms with Crippen LogP contribution in [0.4, 0.5) is 0 Å². The summed E-state index contributed by atoms with van der Waals surface area (Å²) in [5.41, 5.74) is 1.02. The Balaban J connectivity index is 2.33. The Morgan fingerprint density at radius 2 is 1.83 bits per heavy atom. The quantitative estimate of drug-likeness (QED) is 0.852. The van der Waals surface area contributed by atoms with Gasteiger partial charge in [0, 0.05) is 23.9 Å². The van der Waals surface area contributed by atoms with Crippen molar-refractivity contribution in [2.45, 2.75) is 38.8 Å². The van der Waals surface area contributed by atoms with Crippen LogP contribution in [-0.4, -0.2) is 54.4 Å². The summed E-state index contributed by atoms with van der Waals surface area (Å²) >= 11 is 0. The SMILES string of the molecule is Cc1cc(C(=O)O)cc(C(=O)N(C(C)CS(C)(=O)=O)C2CC2)c1. The summed E-state index contributed by atoms with van der Waals surface area (Å²) in [5.74, 6) is -1.51. The van der Waals surface area contributed by atoms with Crippen LogP contribution >= 0.6 is 0 Å². The Hall–Kier alpha value is -1.89. The van der Waals surface area contributed by atoms with Crippen molar-refractivity contribution < 1.29 is 23.1 Å². The molecule has 0 aliphatic heterocycles. The molecular formula is C16H21NO5S. The predicted molar refractivity (Wildman–Crippen MR) is 86.5 cm³/mol. The van der Waals surface area contributed by atoms with E-state index in [9.17, 15) is 18.0 Å². The Morgan fingerprint density at radius 3 is 2.30 bits per heavy atom. The van der Waals surface area contributed by atoms with E-state index in [1.165, 1.54) is 12.1 Å². The van der Waals surface area contributed by atoms with Gasteiger partial charge in [-0.05, 0) is 50.5 Å². The molecule has 1 saturated carbocycles. The molecule has 1 aromatic carbocycles. The molecule has 0 spiro atoms. The Bertz CT molecular complexity index is 737. The van der Waals surface area contributed by atoms with Crippen LogP contribution in [0.3, 0.4) is 0 Å². The van der Waals surface area contributed by atoms with Gasteiger partial charge in [0.05, 0.1) is 11.3 Å². The molecule has 1 aromatic rings. The number of hydrogen-bond donors (Lipinski definition) is 1. The third kappa shape index (κ3) is 4.54. The van der Waals surface area contributed by atoms with Crippen molar-refractivity contribution in [2.75, 3.05) is 12.0 Å². The third-order valence-electron chi connectivity index (χ3n) is 3.76. The van der Waals surface area contributed by atoms with Crippen LogP contribution in [0.15, 0.2) is 18.2 Å². The summed E-state index contributed by atoms with van der Waals surface area (Å²) in [6, 6.07) is 4.07. The van der Waals surface area contributed by atoms with Gasteiger partial charge in [0.15, 0.2) is 0 Å². The van der Waals surface area contributed by atoms with Gasteiger partial charge in [-0.3, -0.25) is 4.79 Å². The van der Waals surface area contributed by atoms with Crippen molar-refractivity contribution in [2.24, 2.45) is 0 Å². The molecule has 1 amide bonds. The molecule has 7 heteroatoms.